The number of likely N-dealkylation sites (N-methyl/N-ethyl adjacent to an activating group) is 1. The largest absolute Gasteiger partial charge is 0.340 e. The number of amides is 1. The Kier molecular flexibility index (Phi) is 6.70. The lowest BCUT2D eigenvalue weighted by Crippen LogP contribution is -2.42. The highest BCUT2D eigenvalue weighted by Crippen LogP contribution is 2.15. The lowest BCUT2D eigenvalue weighted by molar-refractivity contribution is -0.131. The molecule has 2 N–H and O–H groups in total. The molecule has 5 nitrogen and oxygen atoms in total. The second-order valence-electron chi connectivity index (χ2n) is 5.07. The summed E-state index contributed by atoms with van der Waals surface area (Å²) < 4.78 is 22.2. The van der Waals surface area contributed by atoms with Gasteiger partial charge in [-0.1, -0.05) is 12.1 Å². The lowest BCUT2D eigenvalue weighted by Gasteiger charge is -2.21. The molecular formula is C14H22N2O3S2. The maximum absolute atomic E-state index is 12.1. The van der Waals surface area contributed by atoms with Crippen LogP contribution in [0.3, 0.4) is 0 Å². The third-order valence-electron chi connectivity index (χ3n) is 3.07. The molecule has 21 heavy (non-hydrogen) atoms. The topological polar surface area (TPSA) is 80.5 Å². The molecule has 0 heterocycles. The Balaban J connectivity index is 2.56. The summed E-state index contributed by atoms with van der Waals surface area (Å²) in [7, 11) is -1.43. The molecule has 1 unspecified atom stereocenters. The number of carbonyl (C=O) groups is 1. The van der Waals surface area contributed by atoms with Crippen molar-refractivity contribution in [3.05, 3.63) is 29.8 Å². The van der Waals surface area contributed by atoms with Gasteiger partial charge in [0.25, 0.3) is 0 Å². The minimum atomic E-state index is -3.10. The van der Waals surface area contributed by atoms with Crippen LogP contribution in [0.15, 0.2) is 29.2 Å². The maximum Gasteiger partial charge on any atom is 0.239 e. The van der Waals surface area contributed by atoms with E-state index in [4.69, 9.17) is 5.73 Å². The van der Waals surface area contributed by atoms with Crippen LogP contribution < -0.4 is 5.73 Å². The maximum atomic E-state index is 12.1. The fourth-order valence-corrected chi connectivity index (χ4v) is 2.92. The minimum absolute atomic E-state index is 0.0732. The van der Waals surface area contributed by atoms with Crippen molar-refractivity contribution < 1.29 is 13.2 Å². The molecule has 0 saturated carbocycles. The van der Waals surface area contributed by atoms with E-state index in [0.717, 1.165) is 16.7 Å². The Morgan fingerprint density at radius 2 is 1.90 bits per heavy atom. The molecule has 118 valence electrons. The molecule has 0 spiro atoms. The lowest BCUT2D eigenvalue weighted by atomic mass is 10.2. The standard InChI is InChI=1S/C14H22N2O3S2/c1-16(10-11-4-6-12(20-2)7-5-11)14(17)13(15)8-9-21(3,18)19/h4-7,13H,8-10,15H2,1-3H3. The molecule has 1 amide bonds. The van der Waals surface area contributed by atoms with Crippen LogP contribution in [0.25, 0.3) is 0 Å². The Morgan fingerprint density at radius 3 is 2.38 bits per heavy atom. The fraction of sp³-hybridized carbons (Fsp3) is 0.500. The van der Waals surface area contributed by atoms with Gasteiger partial charge in [-0.25, -0.2) is 8.42 Å². The van der Waals surface area contributed by atoms with E-state index in [1.807, 2.05) is 30.5 Å². The van der Waals surface area contributed by atoms with E-state index < -0.39 is 15.9 Å². The minimum Gasteiger partial charge on any atom is -0.340 e. The van der Waals surface area contributed by atoms with E-state index >= 15 is 0 Å². The highest BCUT2D eigenvalue weighted by Gasteiger charge is 2.19. The Bertz CT molecular complexity index is 570. The van der Waals surface area contributed by atoms with Crippen LogP contribution in [-0.2, 0) is 21.2 Å². The number of thioether (sulfide) groups is 1. The number of sulfone groups is 1. The van der Waals surface area contributed by atoms with Gasteiger partial charge >= 0.3 is 0 Å². The van der Waals surface area contributed by atoms with E-state index in [-0.39, 0.29) is 18.1 Å². The van der Waals surface area contributed by atoms with Gasteiger partial charge in [-0.3, -0.25) is 4.79 Å². The summed E-state index contributed by atoms with van der Waals surface area (Å²) in [6.07, 6.45) is 3.29. The number of nitrogens with zero attached hydrogens (tertiary/aromatic N) is 1. The summed E-state index contributed by atoms with van der Waals surface area (Å²) in [6, 6.07) is 7.16. The fourth-order valence-electron chi connectivity index (χ4n) is 1.83. The van der Waals surface area contributed by atoms with Gasteiger partial charge in [0.1, 0.15) is 9.84 Å². The summed E-state index contributed by atoms with van der Waals surface area (Å²) in [4.78, 5) is 14.8. The molecule has 0 aromatic heterocycles. The molecule has 0 aliphatic rings. The molecule has 0 aliphatic heterocycles. The van der Waals surface area contributed by atoms with Crippen molar-refractivity contribution in [1.82, 2.24) is 4.90 Å². The summed E-state index contributed by atoms with van der Waals surface area (Å²) in [6.45, 7) is 0.458. The smallest absolute Gasteiger partial charge is 0.239 e. The first-order valence-corrected chi connectivity index (χ1v) is 9.82. The van der Waals surface area contributed by atoms with Gasteiger partial charge in [0.2, 0.25) is 5.91 Å². The van der Waals surface area contributed by atoms with Crippen molar-refractivity contribution in [1.29, 1.82) is 0 Å². The van der Waals surface area contributed by atoms with Gasteiger partial charge in [0.05, 0.1) is 11.8 Å². The van der Waals surface area contributed by atoms with E-state index in [9.17, 15) is 13.2 Å². The van der Waals surface area contributed by atoms with Crippen LogP contribution in [0.5, 0.6) is 0 Å². The second-order valence-corrected chi connectivity index (χ2v) is 8.21. The van der Waals surface area contributed by atoms with Gasteiger partial charge in [-0.2, -0.15) is 0 Å². The molecule has 1 aromatic rings. The van der Waals surface area contributed by atoms with Gasteiger partial charge in [0.15, 0.2) is 0 Å². The van der Waals surface area contributed by atoms with Crippen LogP contribution in [0, 0.1) is 0 Å². The first-order valence-electron chi connectivity index (χ1n) is 6.54. The zero-order valence-electron chi connectivity index (χ0n) is 12.6. The third-order valence-corrected chi connectivity index (χ3v) is 4.79. The molecule has 0 aliphatic carbocycles. The van der Waals surface area contributed by atoms with Gasteiger partial charge < -0.3 is 10.6 Å². The molecule has 7 heteroatoms. The first kappa shape index (κ1) is 18.0. The van der Waals surface area contributed by atoms with Crippen LogP contribution in [0.2, 0.25) is 0 Å². The zero-order valence-corrected chi connectivity index (χ0v) is 14.2. The normalized spacial score (nSPS) is 13.0. The SMILES string of the molecule is CSc1ccc(CN(C)C(=O)C(N)CCS(C)(=O)=O)cc1. The number of benzene rings is 1. The summed E-state index contributed by atoms with van der Waals surface area (Å²) in [5, 5.41) is 0. The average molecular weight is 330 g/mol. The Labute approximate surface area is 130 Å². The van der Waals surface area contributed by atoms with Gasteiger partial charge in [0, 0.05) is 24.7 Å². The molecule has 1 aromatic carbocycles. The van der Waals surface area contributed by atoms with Crippen molar-refractivity contribution in [2.75, 3.05) is 25.3 Å². The number of hydrogen-bond acceptors (Lipinski definition) is 5. The zero-order chi connectivity index (χ0) is 16.0. The number of nitrogens with two attached hydrogens (primary N) is 1. The number of rotatable bonds is 7. The van der Waals surface area contributed by atoms with Crippen molar-refractivity contribution >= 4 is 27.5 Å². The van der Waals surface area contributed by atoms with E-state index in [2.05, 4.69) is 0 Å². The summed E-state index contributed by atoms with van der Waals surface area (Å²) in [5.41, 5.74) is 6.78. The Hall–Kier alpha value is -1.05. The van der Waals surface area contributed by atoms with Crippen molar-refractivity contribution in [2.45, 2.75) is 23.9 Å². The van der Waals surface area contributed by atoms with E-state index in [0.29, 0.717) is 6.54 Å². The molecule has 0 bridgehead atoms. The van der Waals surface area contributed by atoms with E-state index in [1.165, 1.54) is 4.90 Å². The van der Waals surface area contributed by atoms with Gasteiger partial charge in [-0.15, -0.1) is 11.8 Å². The summed E-state index contributed by atoms with van der Waals surface area (Å²) >= 11 is 1.66. The molecular weight excluding hydrogens is 308 g/mol. The Morgan fingerprint density at radius 1 is 1.33 bits per heavy atom. The monoisotopic (exact) mass is 330 g/mol. The van der Waals surface area contributed by atoms with Crippen molar-refractivity contribution in [3.8, 4) is 0 Å². The van der Waals surface area contributed by atoms with Crippen molar-refractivity contribution in [2.24, 2.45) is 5.73 Å². The summed E-state index contributed by atoms with van der Waals surface area (Å²) in [5.74, 6) is -0.316. The van der Waals surface area contributed by atoms with Gasteiger partial charge in [-0.05, 0) is 30.4 Å². The van der Waals surface area contributed by atoms with Crippen LogP contribution in [0.1, 0.15) is 12.0 Å². The molecule has 1 rings (SSSR count). The van der Waals surface area contributed by atoms with Crippen LogP contribution in [-0.4, -0.2) is 50.6 Å². The quantitative estimate of drug-likeness (QED) is 0.758. The number of hydrogen-bond donors (Lipinski definition) is 1. The second kappa shape index (κ2) is 7.82. The third kappa shape index (κ3) is 6.50. The molecule has 0 saturated heterocycles. The van der Waals surface area contributed by atoms with Crippen LogP contribution in [0.4, 0.5) is 0 Å². The highest BCUT2D eigenvalue weighted by molar-refractivity contribution is 7.98. The molecule has 1 atom stereocenters. The van der Waals surface area contributed by atoms with Crippen molar-refractivity contribution in [3.63, 3.8) is 0 Å². The average Bonchev–Trinajstić information content (AvgIpc) is 2.43. The molecule has 0 fully saturated rings. The number of carbonyl (C=O) groups excluding carboxylic acids is 1. The first-order chi connectivity index (χ1) is 9.73. The van der Waals surface area contributed by atoms with E-state index in [1.54, 1.807) is 18.8 Å². The predicted octanol–water partition coefficient (Wildman–Crippen LogP) is 1.13. The van der Waals surface area contributed by atoms with Crippen LogP contribution >= 0.6 is 11.8 Å². The molecule has 0 radical (unpaired) electrons. The highest BCUT2D eigenvalue weighted by atomic mass is 32.2. The predicted molar refractivity (Wildman–Crippen MR) is 87.0 cm³/mol.